The summed E-state index contributed by atoms with van der Waals surface area (Å²) in [6.45, 7) is 0.604. The lowest BCUT2D eigenvalue weighted by Crippen LogP contribution is -2.22. The summed E-state index contributed by atoms with van der Waals surface area (Å²) in [5.74, 6) is 0.121. The first kappa shape index (κ1) is 15.8. The van der Waals surface area contributed by atoms with Gasteiger partial charge in [-0.15, -0.1) is 0 Å². The van der Waals surface area contributed by atoms with Gasteiger partial charge in [0, 0.05) is 18.3 Å². The minimum atomic E-state index is 0.121. The Morgan fingerprint density at radius 2 is 1.57 bits per heavy atom. The maximum atomic E-state index is 11.8. The fraction of sp³-hybridized carbons (Fsp3) is 0.278. The van der Waals surface area contributed by atoms with Gasteiger partial charge in [-0.25, -0.2) is 0 Å². The van der Waals surface area contributed by atoms with E-state index in [1.54, 1.807) is 0 Å². The largest absolute Gasteiger partial charge is 0.352 e. The molecule has 2 aromatic rings. The molecule has 0 bridgehead atoms. The van der Waals surface area contributed by atoms with Crippen LogP contribution in [0, 0.1) is 0 Å². The number of carbonyl (C=O) groups is 1. The van der Waals surface area contributed by atoms with Gasteiger partial charge in [-0.1, -0.05) is 70.5 Å². The maximum absolute atomic E-state index is 11.8. The Morgan fingerprint density at radius 1 is 0.905 bits per heavy atom. The number of benzene rings is 2. The number of carbonyl (C=O) groups excluding carboxylic acids is 1. The van der Waals surface area contributed by atoms with Crippen molar-refractivity contribution in [2.45, 2.75) is 31.1 Å². The standard InChI is InChI=1S/C18H20BrNO/c19-13-16-9-11-17(12-10-16)14-20-18(21)8-4-7-15-5-2-1-3-6-15/h1-3,5-6,9-12H,4,7-8,13-14H2,(H,20,21). The van der Waals surface area contributed by atoms with Crippen molar-refractivity contribution in [2.24, 2.45) is 0 Å². The van der Waals surface area contributed by atoms with Crippen LogP contribution >= 0.6 is 15.9 Å². The highest BCUT2D eigenvalue weighted by Crippen LogP contribution is 2.08. The highest BCUT2D eigenvalue weighted by Gasteiger charge is 2.02. The van der Waals surface area contributed by atoms with Crippen molar-refractivity contribution in [1.82, 2.24) is 5.32 Å². The van der Waals surface area contributed by atoms with Crippen LogP contribution in [0.4, 0.5) is 0 Å². The molecule has 0 aliphatic rings. The van der Waals surface area contributed by atoms with Gasteiger partial charge >= 0.3 is 0 Å². The Hall–Kier alpha value is -1.61. The van der Waals surface area contributed by atoms with E-state index in [0.29, 0.717) is 13.0 Å². The monoisotopic (exact) mass is 345 g/mol. The first-order valence-electron chi connectivity index (χ1n) is 7.22. The number of hydrogen-bond acceptors (Lipinski definition) is 1. The SMILES string of the molecule is O=C(CCCc1ccccc1)NCc1ccc(CBr)cc1. The van der Waals surface area contributed by atoms with E-state index in [4.69, 9.17) is 0 Å². The van der Waals surface area contributed by atoms with Crippen LogP contribution in [0.1, 0.15) is 29.5 Å². The average molecular weight is 346 g/mol. The second-order valence-corrected chi connectivity index (χ2v) is 5.63. The molecular weight excluding hydrogens is 326 g/mol. The van der Waals surface area contributed by atoms with E-state index in [9.17, 15) is 4.79 Å². The molecule has 0 heterocycles. The minimum absolute atomic E-state index is 0.121. The van der Waals surface area contributed by atoms with Crippen LogP contribution in [0.2, 0.25) is 0 Å². The Kier molecular flexibility index (Phi) is 6.48. The van der Waals surface area contributed by atoms with Crippen molar-refractivity contribution >= 4 is 21.8 Å². The van der Waals surface area contributed by atoms with Gasteiger partial charge in [-0.05, 0) is 29.5 Å². The molecule has 0 saturated heterocycles. The quantitative estimate of drug-likeness (QED) is 0.748. The minimum Gasteiger partial charge on any atom is -0.352 e. The molecule has 0 aliphatic heterocycles. The Morgan fingerprint density at radius 3 is 2.24 bits per heavy atom. The number of halogens is 1. The summed E-state index contributed by atoms with van der Waals surface area (Å²) >= 11 is 3.42. The third kappa shape index (κ3) is 5.72. The zero-order valence-electron chi connectivity index (χ0n) is 12.0. The van der Waals surface area contributed by atoms with Crippen LogP contribution in [-0.4, -0.2) is 5.91 Å². The Balaban J connectivity index is 1.67. The van der Waals surface area contributed by atoms with Crippen LogP contribution < -0.4 is 5.32 Å². The van der Waals surface area contributed by atoms with Crippen molar-refractivity contribution in [1.29, 1.82) is 0 Å². The molecule has 0 unspecified atom stereocenters. The van der Waals surface area contributed by atoms with Gasteiger partial charge in [-0.2, -0.15) is 0 Å². The average Bonchev–Trinajstić information content (AvgIpc) is 2.54. The molecule has 1 amide bonds. The summed E-state index contributed by atoms with van der Waals surface area (Å²) in [7, 11) is 0. The molecule has 2 nitrogen and oxygen atoms in total. The summed E-state index contributed by atoms with van der Waals surface area (Å²) in [6.07, 6.45) is 2.42. The summed E-state index contributed by atoms with van der Waals surface area (Å²) in [6, 6.07) is 18.5. The van der Waals surface area contributed by atoms with E-state index in [0.717, 1.165) is 23.7 Å². The van der Waals surface area contributed by atoms with E-state index >= 15 is 0 Å². The number of aryl methyl sites for hydroxylation is 1. The predicted molar refractivity (Wildman–Crippen MR) is 90.3 cm³/mol. The van der Waals surface area contributed by atoms with E-state index in [-0.39, 0.29) is 5.91 Å². The van der Waals surface area contributed by atoms with Crippen LogP contribution in [0.15, 0.2) is 54.6 Å². The molecule has 2 aromatic carbocycles. The normalized spacial score (nSPS) is 10.3. The lowest BCUT2D eigenvalue weighted by molar-refractivity contribution is -0.121. The van der Waals surface area contributed by atoms with E-state index in [1.807, 2.05) is 18.2 Å². The summed E-state index contributed by atoms with van der Waals surface area (Å²) in [5, 5.41) is 3.83. The molecule has 2 rings (SSSR count). The molecule has 3 heteroatoms. The maximum Gasteiger partial charge on any atom is 0.220 e. The van der Waals surface area contributed by atoms with Crippen LogP contribution in [0.25, 0.3) is 0 Å². The van der Waals surface area contributed by atoms with Crippen molar-refractivity contribution in [3.05, 3.63) is 71.3 Å². The second kappa shape index (κ2) is 8.63. The number of hydrogen-bond donors (Lipinski definition) is 1. The number of amides is 1. The van der Waals surface area contributed by atoms with Gasteiger partial charge in [0.2, 0.25) is 5.91 Å². The van der Waals surface area contributed by atoms with E-state index in [1.165, 1.54) is 11.1 Å². The smallest absolute Gasteiger partial charge is 0.220 e. The van der Waals surface area contributed by atoms with Crippen molar-refractivity contribution in [3.8, 4) is 0 Å². The molecule has 110 valence electrons. The number of nitrogens with one attached hydrogen (secondary N) is 1. The van der Waals surface area contributed by atoms with Crippen molar-refractivity contribution in [2.75, 3.05) is 0 Å². The van der Waals surface area contributed by atoms with Gasteiger partial charge in [0.05, 0.1) is 0 Å². The van der Waals surface area contributed by atoms with E-state index < -0.39 is 0 Å². The molecule has 1 N–H and O–H groups in total. The molecule has 0 aromatic heterocycles. The van der Waals surface area contributed by atoms with Crippen LogP contribution in [-0.2, 0) is 23.1 Å². The molecule has 0 radical (unpaired) electrons. The highest BCUT2D eigenvalue weighted by molar-refractivity contribution is 9.08. The summed E-state index contributed by atoms with van der Waals surface area (Å²) in [4.78, 5) is 11.8. The Labute approximate surface area is 134 Å². The lowest BCUT2D eigenvalue weighted by atomic mass is 10.1. The summed E-state index contributed by atoms with van der Waals surface area (Å²) in [5.41, 5.74) is 3.67. The van der Waals surface area contributed by atoms with Gasteiger partial charge in [0.25, 0.3) is 0 Å². The zero-order valence-corrected chi connectivity index (χ0v) is 13.6. The Bertz CT molecular complexity index is 551. The van der Waals surface area contributed by atoms with Gasteiger partial charge < -0.3 is 5.32 Å². The fourth-order valence-corrected chi connectivity index (χ4v) is 2.51. The molecule has 0 atom stereocenters. The van der Waals surface area contributed by atoms with Crippen LogP contribution in [0.5, 0.6) is 0 Å². The predicted octanol–water partition coefficient (Wildman–Crippen LogP) is 4.22. The molecule has 0 aliphatic carbocycles. The third-order valence-corrected chi connectivity index (χ3v) is 4.03. The number of alkyl halides is 1. The van der Waals surface area contributed by atoms with Gasteiger partial charge in [-0.3, -0.25) is 4.79 Å². The third-order valence-electron chi connectivity index (χ3n) is 3.38. The fourth-order valence-electron chi connectivity index (χ4n) is 2.13. The molecular formula is C18H20BrNO. The summed E-state index contributed by atoms with van der Waals surface area (Å²) < 4.78 is 0. The molecule has 21 heavy (non-hydrogen) atoms. The highest BCUT2D eigenvalue weighted by atomic mass is 79.9. The first-order chi connectivity index (χ1) is 10.3. The van der Waals surface area contributed by atoms with Gasteiger partial charge in [0.15, 0.2) is 0 Å². The molecule has 0 saturated carbocycles. The zero-order chi connectivity index (χ0) is 14.9. The topological polar surface area (TPSA) is 29.1 Å². The number of rotatable bonds is 7. The lowest BCUT2D eigenvalue weighted by Gasteiger charge is -2.06. The van der Waals surface area contributed by atoms with Crippen molar-refractivity contribution in [3.63, 3.8) is 0 Å². The molecule has 0 fully saturated rings. The van der Waals surface area contributed by atoms with Crippen molar-refractivity contribution < 1.29 is 4.79 Å². The van der Waals surface area contributed by atoms with Gasteiger partial charge in [0.1, 0.15) is 0 Å². The molecule has 0 spiro atoms. The van der Waals surface area contributed by atoms with E-state index in [2.05, 4.69) is 57.6 Å². The first-order valence-corrected chi connectivity index (χ1v) is 8.34. The second-order valence-electron chi connectivity index (χ2n) is 5.07. The van der Waals surface area contributed by atoms with Crippen LogP contribution in [0.3, 0.4) is 0 Å².